The lowest BCUT2D eigenvalue weighted by Crippen LogP contribution is -2.47. The molecule has 1 heterocycles. The molecule has 34 heavy (non-hydrogen) atoms. The van der Waals surface area contributed by atoms with Gasteiger partial charge in [-0.15, -0.1) is 0 Å². The largest absolute Gasteiger partial charge is 0.497 e. The fraction of sp³-hybridized carbons (Fsp3) is 0.259. The number of fused-ring (bicyclic) bond motifs is 1. The maximum atomic E-state index is 13.5. The van der Waals surface area contributed by atoms with Crippen molar-refractivity contribution in [1.29, 1.82) is 0 Å². The number of nitrogens with zero attached hydrogens (tertiary/aromatic N) is 2. The lowest BCUT2D eigenvalue weighted by atomic mass is 9.89. The van der Waals surface area contributed by atoms with Gasteiger partial charge in [0, 0.05) is 40.0 Å². The molecule has 0 saturated heterocycles. The second-order valence-electron chi connectivity index (χ2n) is 8.30. The molecule has 0 aromatic heterocycles. The number of hydrogen-bond donors (Lipinski definition) is 0. The number of rotatable bonds is 5. The summed E-state index contributed by atoms with van der Waals surface area (Å²) in [5.41, 5.74) is 2.64. The molecule has 0 N–H and O–H groups in total. The molecule has 2 atom stereocenters. The number of methoxy groups -OCH3 is 1. The first-order chi connectivity index (χ1) is 16.3. The quantitative estimate of drug-likeness (QED) is 0.424. The first kappa shape index (κ1) is 23.8. The first-order valence-corrected chi connectivity index (χ1v) is 11.6. The molecular weight excluding hydrogens is 455 g/mol. The van der Waals surface area contributed by atoms with E-state index < -0.39 is 5.82 Å². The summed E-state index contributed by atoms with van der Waals surface area (Å²) in [6, 6.07) is 17.7. The predicted octanol–water partition coefficient (Wildman–Crippen LogP) is 6.41. The molecule has 0 bridgehead atoms. The fourth-order valence-electron chi connectivity index (χ4n) is 4.49. The summed E-state index contributed by atoms with van der Waals surface area (Å²) in [7, 11) is 1.58. The topological polar surface area (TPSA) is 49.9 Å². The lowest BCUT2D eigenvalue weighted by Gasteiger charge is -2.43. The van der Waals surface area contributed by atoms with Crippen LogP contribution in [0.4, 0.5) is 15.8 Å². The number of carbonyl (C=O) groups is 2. The minimum atomic E-state index is -0.398. The van der Waals surface area contributed by atoms with Crippen LogP contribution in [0.1, 0.15) is 48.7 Å². The van der Waals surface area contributed by atoms with E-state index in [1.165, 1.54) is 24.3 Å². The van der Waals surface area contributed by atoms with Crippen LogP contribution in [0.25, 0.3) is 0 Å². The van der Waals surface area contributed by atoms with Crippen LogP contribution in [0.5, 0.6) is 5.75 Å². The highest BCUT2D eigenvalue weighted by molar-refractivity contribution is 6.30. The van der Waals surface area contributed by atoms with Crippen LogP contribution in [-0.4, -0.2) is 25.0 Å². The fourth-order valence-corrected chi connectivity index (χ4v) is 4.62. The van der Waals surface area contributed by atoms with E-state index in [1.54, 1.807) is 35.1 Å². The second kappa shape index (κ2) is 9.85. The Labute approximate surface area is 203 Å². The van der Waals surface area contributed by atoms with Crippen LogP contribution in [0, 0.1) is 5.82 Å². The Morgan fingerprint density at radius 3 is 2.38 bits per heavy atom. The van der Waals surface area contributed by atoms with E-state index in [9.17, 15) is 14.0 Å². The number of ether oxygens (including phenoxy) is 1. The average Bonchev–Trinajstić information content (AvgIpc) is 2.85. The van der Waals surface area contributed by atoms with Gasteiger partial charge in [-0.1, -0.05) is 18.5 Å². The highest BCUT2D eigenvalue weighted by atomic mass is 35.5. The summed E-state index contributed by atoms with van der Waals surface area (Å²) < 4.78 is 18.9. The molecule has 0 fully saturated rings. The zero-order chi connectivity index (χ0) is 24.4. The van der Waals surface area contributed by atoms with Crippen LogP contribution in [0.3, 0.4) is 0 Å². The molecule has 0 aliphatic carbocycles. The van der Waals surface area contributed by atoms with Gasteiger partial charge in [-0.05, 0) is 80.1 Å². The van der Waals surface area contributed by atoms with Crippen LogP contribution in [-0.2, 0) is 4.79 Å². The van der Waals surface area contributed by atoms with Gasteiger partial charge in [-0.2, -0.15) is 0 Å². The van der Waals surface area contributed by atoms with Crippen molar-refractivity contribution in [2.75, 3.05) is 16.9 Å². The van der Waals surface area contributed by atoms with Crippen LogP contribution in [0.2, 0.25) is 5.02 Å². The number of carbonyl (C=O) groups excluding carboxylic acids is 2. The lowest BCUT2D eigenvalue weighted by molar-refractivity contribution is -0.118. The summed E-state index contributed by atoms with van der Waals surface area (Å²) in [6.45, 7) is 3.78. The van der Waals surface area contributed by atoms with Gasteiger partial charge in [0.2, 0.25) is 5.91 Å². The van der Waals surface area contributed by atoms with Gasteiger partial charge in [-0.25, -0.2) is 4.39 Å². The molecule has 7 heteroatoms. The van der Waals surface area contributed by atoms with Crippen molar-refractivity contribution in [2.45, 2.75) is 38.8 Å². The molecule has 0 saturated carbocycles. The Morgan fingerprint density at radius 2 is 1.76 bits per heavy atom. The van der Waals surface area contributed by atoms with Gasteiger partial charge in [-0.3, -0.25) is 9.59 Å². The maximum absolute atomic E-state index is 13.5. The molecule has 3 aromatic rings. The van der Waals surface area contributed by atoms with Gasteiger partial charge in [0.15, 0.2) is 0 Å². The smallest absolute Gasteiger partial charge is 0.258 e. The van der Waals surface area contributed by atoms with Crippen LogP contribution >= 0.6 is 11.6 Å². The minimum Gasteiger partial charge on any atom is -0.497 e. The molecule has 0 spiro atoms. The van der Waals surface area contributed by atoms with Crippen molar-refractivity contribution in [3.63, 3.8) is 0 Å². The zero-order valence-corrected chi connectivity index (χ0v) is 20.1. The normalized spacial score (nSPS) is 17.1. The predicted molar refractivity (Wildman–Crippen MR) is 132 cm³/mol. The third-order valence-corrected chi connectivity index (χ3v) is 6.41. The monoisotopic (exact) mass is 480 g/mol. The zero-order valence-electron chi connectivity index (χ0n) is 19.3. The van der Waals surface area contributed by atoms with Crippen molar-refractivity contribution < 1.29 is 18.7 Å². The summed E-state index contributed by atoms with van der Waals surface area (Å²) in [6.07, 6.45) is 0.840. The second-order valence-corrected chi connectivity index (χ2v) is 8.74. The molecule has 2 amide bonds. The minimum absolute atomic E-state index is 0.0356. The maximum Gasteiger partial charge on any atom is 0.258 e. The summed E-state index contributed by atoms with van der Waals surface area (Å²) >= 11 is 6.09. The van der Waals surface area contributed by atoms with Crippen molar-refractivity contribution >= 4 is 34.8 Å². The van der Waals surface area contributed by atoms with E-state index in [0.717, 1.165) is 11.3 Å². The van der Waals surface area contributed by atoms with Crippen LogP contribution in [0.15, 0.2) is 66.7 Å². The summed E-state index contributed by atoms with van der Waals surface area (Å²) in [4.78, 5) is 30.2. The Hall–Kier alpha value is -3.38. The van der Waals surface area contributed by atoms with Crippen LogP contribution < -0.4 is 14.5 Å². The van der Waals surface area contributed by atoms with Crippen molar-refractivity contribution in [3.8, 4) is 5.75 Å². The molecule has 0 radical (unpaired) electrons. The Kier molecular flexibility index (Phi) is 6.89. The number of hydrogen-bond acceptors (Lipinski definition) is 3. The van der Waals surface area contributed by atoms with E-state index in [4.69, 9.17) is 16.3 Å². The molecule has 1 aliphatic rings. The number of halogens is 2. The SMILES string of the molecule is CCC(=O)N(c1ccc(Cl)cc1)[C@@H]1C[C@H](C)N(C(=O)c2ccc(F)cc2)c2ccc(OC)cc21. The Bertz CT molecular complexity index is 1200. The average molecular weight is 481 g/mol. The highest BCUT2D eigenvalue weighted by Crippen LogP contribution is 2.44. The van der Waals surface area contributed by atoms with Gasteiger partial charge >= 0.3 is 0 Å². The van der Waals surface area contributed by atoms with E-state index in [0.29, 0.717) is 34.9 Å². The Balaban J connectivity index is 1.83. The molecule has 4 rings (SSSR count). The Morgan fingerprint density at radius 1 is 1.09 bits per heavy atom. The van der Waals surface area contributed by atoms with Gasteiger partial charge in [0.1, 0.15) is 11.6 Å². The van der Waals surface area contributed by atoms with Gasteiger partial charge in [0.05, 0.1) is 13.2 Å². The highest BCUT2D eigenvalue weighted by Gasteiger charge is 2.39. The molecule has 176 valence electrons. The summed E-state index contributed by atoms with van der Waals surface area (Å²) in [5, 5.41) is 0.586. The molecule has 0 unspecified atom stereocenters. The van der Waals surface area contributed by atoms with E-state index in [2.05, 4.69) is 0 Å². The van der Waals surface area contributed by atoms with Gasteiger partial charge < -0.3 is 14.5 Å². The van der Waals surface area contributed by atoms with Gasteiger partial charge in [0.25, 0.3) is 5.91 Å². The van der Waals surface area contributed by atoms with Crippen molar-refractivity contribution in [3.05, 3.63) is 88.7 Å². The third kappa shape index (κ3) is 4.50. The number of anilines is 2. The first-order valence-electron chi connectivity index (χ1n) is 11.2. The molecule has 5 nitrogen and oxygen atoms in total. The van der Waals surface area contributed by atoms with Crippen molar-refractivity contribution in [2.24, 2.45) is 0 Å². The molecular formula is C27H26ClFN2O3. The molecule has 3 aromatic carbocycles. The van der Waals surface area contributed by atoms with E-state index in [1.807, 2.05) is 38.1 Å². The summed E-state index contributed by atoms with van der Waals surface area (Å²) in [5.74, 6) is -0.0264. The third-order valence-electron chi connectivity index (χ3n) is 6.16. The standard InChI is InChI=1S/C27H26ClFN2O3/c1-4-26(32)31(21-11-7-19(28)8-12-21)25-15-17(2)30(24-14-13-22(34-3)16-23(24)25)27(33)18-5-9-20(29)10-6-18/h5-14,16-17,25H,4,15H2,1-3H3/t17-,25+/m0/s1. The van der Waals surface area contributed by atoms with Crippen molar-refractivity contribution in [1.82, 2.24) is 0 Å². The molecule has 1 aliphatic heterocycles. The van der Waals surface area contributed by atoms with E-state index in [-0.39, 0.29) is 23.9 Å². The van der Waals surface area contributed by atoms with E-state index >= 15 is 0 Å². The number of benzene rings is 3. The number of amides is 2.